The number of hydrogen-bond donors (Lipinski definition) is 0. The van der Waals surface area contributed by atoms with Gasteiger partial charge in [0.15, 0.2) is 5.75 Å². The lowest BCUT2D eigenvalue weighted by Crippen LogP contribution is -2.28. The van der Waals surface area contributed by atoms with Crippen molar-refractivity contribution in [2.24, 2.45) is 0 Å². The van der Waals surface area contributed by atoms with Gasteiger partial charge in [-0.15, -0.1) is 11.3 Å². The summed E-state index contributed by atoms with van der Waals surface area (Å²) in [6.07, 6.45) is 3.82. The Morgan fingerprint density at radius 2 is 2.12 bits per heavy atom. The van der Waals surface area contributed by atoms with Gasteiger partial charge >= 0.3 is 5.69 Å². The Hall–Kier alpha value is -1.99. The highest BCUT2D eigenvalue weighted by Crippen LogP contribution is 2.33. The van der Waals surface area contributed by atoms with Crippen LogP contribution in [0, 0.1) is 10.1 Å². The second-order valence-corrected chi connectivity index (χ2v) is 6.78. The third-order valence-electron chi connectivity index (χ3n) is 4.11. The topological polar surface area (TPSA) is 68.5 Å². The Kier molecular flexibility index (Phi) is 5.42. The van der Waals surface area contributed by atoms with Crippen LogP contribution in [-0.4, -0.2) is 34.5 Å². The van der Waals surface area contributed by atoms with Crippen LogP contribution in [0.5, 0.6) is 5.75 Å². The fraction of sp³-hybridized carbons (Fsp3) is 0.471. The minimum Gasteiger partial charge on any atom is -0.487 e. The molecule has 0 saturated carbocycles. The third-order valence-corrected chi connectivity index (χ3v) is 4.94. The molecule has 1 aliphatic heterocycles. The fourth-order valence-corrected chi connectivity index (χ4v) is 3.77. The summed E-state index contributed by atoms with van der Waals surface area (Å²) in [5.41, 5.74) is 1.53. The number of benzene rings is 1. The maximum absolute atomic E-state index is 11.2. The van der Waals surface area contributed by atoms with Crippen molar-refractivity contribution in [3.8, 4) is 17.0 Å². The van der Waals surface area contributed by atoms with Crippen LogP contribution in [0.25, 0.3) is 11.3 Å². The molecular weight excluding hydrogens is 326 g/mol. The Morgan fingerprint density at radius 3 is 2.83 bits per heavy atom. The molecule has 1 aromatic carbocycles. The standard InChI is InChI=1S/C17H21N3O3S/c1-2-23-16-7-6-13(10-15(16)20(21)22)14-12-24-17(18-14)11-19-8-4-3-5-9-19/h6-7,10,12H,2-5,8-9,11H2,1H3. The molecule has 7 heteroatoms. The Labute approximate surface area is 145 Å². The minimum atomic E-state index is -0.407. The van der Waals surface area contributed by atoms with Crippen LogP contribution in [0.2, 0.25) is 0 Å². The highest BCUT2D eigenvalue weighted by atomic mass is 32.1. The molecule has 2 aromatic rings. The van der Waals surface area contributed by atoms with Crippen molar-refractivity contribution in [2.45, 2.75) is 32.7 Å². The van der Waals surface area contributed by atoms with Crippen molar-refractivity contribution in [3.63, 3.8) is 0 Å². The normalized spacial score (nSPS) is 15.4. The van der Waals surface area contributed by atoms with Crippen LogP contribution in [0.1, 0.15) is 31.2 Å². The number of nitrogens with zero attached hydrogens (tertiary/aromatic N) is 3. The minimum absolute atomic E-state index is 0.0140. The van der Waals surface area contributed by atoms with Gasteiger partial charge in [-0.3, -0.25) is 15.0 Å². The number of ether oxygens (including phenoxy) is 1. The summed E-state index contributed by atoms with van der Waals surface area (Å²) in [6, 6.07) is 5.03. The summed E-state index contributed by atoms with van der Waals surface area (Å²) in [7, 11) is 0. The van der Waals surface area contributed by atoms with Crippen molar-refractivity contribution in [1.82, 2.24) is 9.88 Å². The van der Waals surface area contributed by atoms with Crippen LogP contribution in [0.3, 0.4) is 0 Å². The van der Waals surface area contributed by atoms with E-state index in [2.05, 4.69) is 9.88 Å². The van der Waals surface area contributed by atoms with E-state index in [-0.39, 0.29) is 5.69 Å². The quantitative estimate of drug-likeness (QED) is 0.581. The number of hydrogen-bond acceptors (Lipinski definition) is 6. The van der Waals surface area contributed by atoms with E-state index in [4.69, 9.17) is 4.74 Å². The van der Waals surface area contributed by atoms with Crippen molar-refractivity contribution < 1.29 is 9.66 Å². The molecule has 0 spiro atoms. The molecule has 1 aliphatic rings. The van der Waals surface area contributed by atoms with Gasteiger partial charge in [-0.1, -0.05) is 6.42 Å². The number of thiazole rings is 1. The highest BCUT2D eigenvalue weighted by Gasteiger charge is 2.18. The molecular formula is C17H21N3O3S. The van der Waals surface area contributed by atoms with E-state index in [1.165, 1.54) is 19.3 Å². The zero-order chi connectivity index (χ0) is 16.9. The zero-order valence-electron chi connectivity index (χ0n) is 13.7. The first-order valence-electron chi connectivity index (χ1n) is 8.25. The molecule has 0 N–H and O–H groups in total. The molecule has 0 atom stereocenters. The van der Waals surface area contributed by atoms with Crippen LogP contribution in [0.4, 0.5) is 5.69 Å². The van der Waals surface area contributed by atoms with Crippen molar-refractivity contribution >= 4 is 17.0 Å². The largest absolute Gasteiger partial charge is 0.487 e. The predicted molar refractivity (Wildman–Crippen MR) is 94.5 cm³/mol. The lowest BCUT2D eigenvalue weighted by molar-refractivity contribution is -0.385. The SMILES string of the molecule is CCOc1ccc(-c2csc(CN3CCCCC3)n2)cc1[N+](=O)[O-]. The first kappa shape index (κ1) is 16.9. The average Bonchev–Trinajstić information content (AvgIpc) is 3.04. The first-order valence-corrected chi connectivity index (χ1v) is 9.13. The lowest BCUT2D eigenvalue weighted by atomic mass is 10.1. The fourth-order valence-electron chi connectivity index (χ4n) is 2.92. The van der Waals surface area contributed by atoms with Crippen LogP contribution in [-0.2, 0) is 6.54 Å². The summed E-state index contributed by atoms with van der Waals surface area (Å²) in [5, 5.41) is 14.3. The van der Waals surface area contributed by atoms with Crippen molar-refractivity contribution in [2.75, 3.05) is 19.7 Å². The lowest BCUT2D eigenvalue weighted by Gasteiger charge is -2.25. The number of aromatic nitrogens is 1. The van der Waals surface area contributed by atoms with Crippen LogP contribution < -0.4 is 4.74 Å². The van der Waals surface area contributed by atoms with Crippen molar-refractivity contribution in [3.05, 3.63) is 38.7 Å². The van der Waals surface area contributed by atoms with Gasteiger partial charge in [0.05, 0.1) is 23.8 Å². The molecule has 0 amide bonds. The van der Waals surface area contributed by atoms with Crippen LogP contribution >= 0.6 is 11.3 Å². The second kappa shape index (κ2) is 7.72. The van der Waals surface area contributed by atoms with Gasteiger partial charge in [0.1, 0.15) is 5.01 Å². The van der Waals surface area contributed by atoms with Gasteiger partial charge in [0.25, 0.3) is 0 Å². The number of rotatable bonds is 6. The molecule has 0 bridgehead atoms. The van der Waals surface area contributed by atoms with E-state index in [1.54, 1.807) is 23.5 Å². The Morgan fingerprint density at radius 1 is 1.33 bits per heavy atom. The molecule has 128 valence electrons. The number of piperidine rings is 1. The summed E-state index contributed by atoms with van der Waals surface area (Å²) < 4.78 is 5.33. The van der Waals surface area contributed by atoms with E-state index in [0.717, 1.165) is 35.9 Å². The molecule has 6 nitrogen and oxygen atoms in total. The smallest absolute Gasteiger partial charge is 0.311 e. The monoisotopic (exact) mass is 347 g/mol. The van der Waals surface area contributed by atoms with Gasteiger partial charge in [-0.2, -0.15) is 0 Å². The van der Waals surface area contributed by atoms with Crippen LogP contribution in [0.15, 0.2) is 23.6 Å². The molecule has 0 radical (unpaired) electrons. The summed E-state index contributed by atoms with van der Waals surface area (Å²) in [6.45, 7) is 5.33. The van der Waals surface area contributed by atoms with Gasteiger partial charge in [0.2, 0.25) is 0 Å². The molecule has 1 fully saturated rings. The van der Waals surface area contributed by atoms with Gasteiger partial charge in [-0.25, -0.2) is 4.98 Å². The number of nitro benzene ring substituents is 1. The maximum Gasteiger partial charge on any atom is 0.311 e. The van der Waals surface area contributed by atoms with Gasteiger partial charge < -0.3 is 4.74 Å². The molecule has 2 heterocycles. The predicted octanol–water partition coefficient (Wildman–Crippen LogP) is 4.10. The summed E-state index contributed by atoms with van der Waals surface area (Å²) in [4.78, 5) is 17.9. The van der Waals surface area contributed by atoms with E-state index in [9.17, 15) is 10.1 Å². The molecule has 0 aliphatic carbocycles. The summed E-state index contributed by atoms with van der Waals surface area (Å²) >= 11 is 1.61. The first-order chi connectivity index (χ1) is 11.7. The van der Waals surface area contributed by atoms with Crippen molar-refractivity contribution in [1.29, 1.82) is 0 Å². The zero-order valence-corrected chi connectivity index (χ0v) is 14.6. The molecule has 1 aromatic heterocycles. The van der Waals surface area contributed by atoms with Gasteiger partial charge in [-0.05, 0) is 45.0 Å². The second-order valence-electron chi connectivity index (χ2n) is 5.84. The maximum atomic E-state index is 11.2. The number of nitro groups is 1. The van der Waals surface area contributed by atoms with E-state index in [0.29, 0.717) is 12.4 Å². The molecule has 0 unspecified atom stereocenters. The Bertz CT molecular complexity index is 711. The third kappa shape index (κ3) is 3.91. The molecule has 3 rings (SSSR count). The number of likely N-dealkylation sites (tertiary alicyclic amines) is 1. The highest BCUT2D eigenvalue weighted by molar-refractivity contribution is 7.09. The summed E-state index contributed by atoms with van der Waals surface area (Å²) in [5.74, 6) is 0.301. The Balaban J connectivity index is 1.79. The van der Waals surface area contributed by atoms with E-state index >= 15 is 0 Å². The van der Waals surface area contributed by atoms with E-state index < -0.39 is 4.92 Å². The molecule has 24 heavy (non-hydrogen) atoms. The van der Waals surface area contributed by atoms with E-state index in [1.807, 2.05) is 18.4 Å². The average molecular weight is 347 g/mol. The van der Waals surface area contributed by atoms with Gasteiger partial charge in [0, 0.05) is 17.0 Å². The molecule has 1 saturated heterocycles.